The molecule has 1 saturated carbocycles. The molecule has 1 heterocycles. The molecule has 2 aromatic carbocycles. The van der Waals surface area contributed by atoms with Crippen LogP contribution in [0.2, 0.25) is 0 Å². The van der Waals surface area contributed by atoms with Crippen LogP contribution in [0, 0.1) is 11.8 Å². The van der Waals surface area contributed by atoms with Crippen LogP contribution < -0.4 is 10.6 Å². The van der Waals surface area contributed by atoms with Crippen LogP contribution in [0.4, 0.5) is 18.9 Å². The highest BCUT2D eigenvalue weighted by Gasteiger charge is 2.42. The summed E-state index contributed by atoms with van der Waals surface area (Å²) < 4.78 is 64.0. The molecule has 0 radical (unpaired) electrons. The van der Waals surface area contributed by atoms with Gasteiger partial charge < -0.3 is 10.6 Å². The minimum absolute atomic E-state index is 0.00205. The Morgan fingerprint density at radius 2 is 1.69 bits per heavy atom. The van der Waals surface area contributed by atoms with Gasteiger partial charge in [0.2, 0.25) is 5.91 Å². The molecule has 2 aliphatic rings. The van der Waals surface area contributed by atoms with E-state index < -0.39 is 27.8 Å². The number of benzene rings is 2. The van der Waals surface area contributed by atoms with Gasteiger partial charge in [0, 0.05) is 38.1 Å². The van der Waals surface area contributed by atoms with E-state index in [-0.39, 0.29) is 35.3 Å². The maximum atomic E-state index is 13.1. The normalized spacial score (nSPS) is 24.0. The Balaban J connectivity index is 1.54. The first kappa shape index (κ1) is 26.5. The summed E-state index contributed by atoms with van der Waals surface area (Å²) in [6.45, 7) is 2.62. The molecule has 0 aromatic heterocycles. The fourth-order valence-electron chi connectivity index (χ4n) is 5.49. The molecular weight excluding hydrogens is 491 g/mol. The van der Waals surface area contributed by atoms with Crippen molar-refractivity contribution in [1.29, 1.82) is 0 Å². The Hall–Kier alpha value is -2.59. The van der Waals surface area contributed by atoms with Crippen molar-refractivity contribution >= 4 is 21.4 Å². The molecule has 2 fully saturated rings. The minimum Gasteiger partial charge on any atom is -0.368 e. The van der Waals surface area contributed by atoms with Crippen molar-refractivity contribution < 1.29 is 26.4 Å². The van der Waals surface area contributed by atoms with Crippen molar-refractivity contribution in [3.8, 4) is 0 Å². The summed E-state index contributed by atoms with van der Waals surface area (Å²) >= 11 is 0. The molecule has 2 N–H and O–H groups in total. The van der Waals surface area contributed by atoms with Crippen molar-refractivity contribution in [3.63, 3.8) is 0 Å². The number of carbonyl (C=O) groups excluding carboxylic acids is 1. The smallest absolute Gasteiger partial charge is 0.368 e. The molecule has 1 saturated heterocycles. The Bertz CT molecular complexity index is 1180. The first-order chi connectivity index (χ1) is 16.9. The van der Waals surface area contributed by atoms with Gasteiger partial charge in [-0.15, -0.1) is 0 Å². The lowest BCUT2D eigenvalue weighted by molar-refractivity contribution is -0.184. The van der Waals surface area contributed by atoms with E-state index in [1.54, 1.807) is 6.07 Å². The van der Waals surface area contributed by atoms with Gasteiger partial charge in [-0.2, -0.15) is 13.2 Å². The number of piperazine rings is 1. The largest absolute Gasteiger partial charge is 0.391 e. The topological polar surface area (TPSA) is 83.7 Å². The maximum Gasteiger partial charge on any atom is 0.391 e. The van der Waals surface area contributed by atoms with Crippen molar-refractivity contribution in [2.45, 2.75) is 42.8 Å². The summed E-state index contributed by atoms with van der Waals surface area (Å²) in [4.78, 5) is 16.1. The summed E-state index contributed by atoms with van der Waals surface area (Å²) in [5.74, 6) is -1.77. The predicted molar refractivity (Wildman–Crippen MR) is 133 cm³/mol. The summed E-state index contributed by atoms with van der Waals surface area (Å²) in [6, 6.07) is 14.6. The van der Waals surface area contributed by atoms with E-state index >= 15 is 0 Å². The lowest BCUT2D eigenvalue weighted by atomic mass is 9.81. The van der Waals surface area contributed by atoms with Crippen LogP contribution in [0.15, 0.2) is 53.4 Å². The molecule has 0 bridgehead atoms. The zero-order valence-corrected chi connectivity index (χ0v) is 21.1. The van der Waals surface area contributed by atoms with Crippen molar-refractivity contribution in [2.75, 3.05) is 37.3 Å². The molecule has 1 atom stereocenters. The molecule has 10 heteroatoms. The monoisotopic (exact) mass is 523 g/mol. The molecule has 2 aromatic rings. The molecule has 6 nitrogen and oxygen atoms in total. The van der Waals surface area contributed by atoms with Crippen LogP contribution in [-0.4, -0.2) is 57.8 Å². The number of nitrogens with two attached hydrogens (primary N) is 1. The van der Waals surface area contributed by atoms with Crippen LogP contribution in [0.1, 0.15) is 47.6 Å². The molecule has 0 spiro atoms. The average molecular weight is 524 g/mol. The number of primary amides is 1. The Labute approximate surface area is 210 Å². The second-order valence-corrected chi connectivity index (χ2v) is 11.9. The zero-order chi connectivity index (χ0) is 26.1. The maximum absolute atomic E-state index is 13.1. The van der Waals surface area contributed by atoms with E-state index in [0.717, 1.165) is 18.4 Å². The molecule has 196 valence electrons. The highest BCUT2D eigenvalue weighted by atomic mass is 32.2. The third-order valence-electron chi connectivity index (χ3n) is 7.47. The van der Waals surface area contributed by atoms with Gasteiger partial charge in [0.05, 0.1) is 22.4 Å². The highest BCUT2D eigenvalue weighted by Crippen LogP contribution is 2.40. The summed E-state index contributed by atoms with van der Waals surface area (Å²) in [6.07, 6.45) is -1.56. The van der Waals surface area contributed by atoms with Crippen LogP contribution in [0.5, 0.6) is 0 Å². The standard InChI is InChI=1S/C26H32F3N3O3S/c1-36(34,35)24-15-21(11-12-22(24)25(30)33)31-13-14-32(23(17-31)19-5-3-2-4-6-19)16-18-7-9-20(10-8-18)26(27,28)29/h2-6,11-12,15,18,20,23H,7-10,13-14,16-17H2,1H3,(H2,30,33). The zero-order valence-electron chi connectivity index (χ0n) is 20.2. The van der Waals surface area contributed by atoms with E-state index in [9.17, 15) is 26.4 Å². The number of hydrogen-bond donors (Lipinski definition) is 1. The SMILES string of the molecule is CS(=O)(=O)c1cc(N2CCN(CC3CCC(C(F)(F)F)CC3)C(c3ccccc3)C2)ccc1C(N)=O. The van der Waals surface area contributed by atoms with Gasteiger partial charge in [-0.3, -0.25) is 9.69 Å². The highest BCUT2D eigenvalue weighted by molar-refractivity contribution is 7.90. The average Bonchev–Trinajstić information content (AvgIpc) is 2.83. The van der Waals surface area contributed by atoms with Crippen LogP contribution in [0.3, 0.4) is 0 Å². The Morgan fingerprint density at radius 1 is 1.03 bits per heavy atom. The van der Waals surface area contributed by atoms with Crippen molar-refractivity contribution in [1.82, 2.24) is 4.90 Å². The Kier molecular flexibility index (Phi) is 7.66. The van der Waals surface area contributed by atoms with Crippen LogP contribution >= 0.6 is 0 Å². The molecule has 4 rings (SSSR count). The van der Waals surface area contributed by atoms with E-state index in [1.807, 2.05) is 30.3 Å². The third kappa shape index (κ3) is 6.03. The minimum atomic E-state index is -4.11. The quantitative estimate of drug-likeness (QED) is 0.606. The first-order valence-electron chi connectivity index (χ1n) is 12.2. The number of sulfone groups is 1. The molecule has 1 aliphatic carbocycles. The number of alkyl halides is 3. The molecule has 1 amide bonds. The Morgan fingerprint density at radius 3 is 2.28 bits per heavy atom. The van der Waals surface area contributed by atoms with Gasteiger partial charge in [0.25, 0.3) is 0 Å². The summed E-state index contributed by atoms with van der Waals surface area (Å²) in [7, 11) is -3.67. The lowest BCUT2D eigenvalue weighted by Gasteiger charge is -2.45. The first-order valence-corrected chi connectivity index (χ1v) is 14.1. The van der Waals surface area contributed by atoms with Gasteiger partial charge in [-0.05, 0) is 55.4 Å². The molecule has 1 unspecified atom stereocenters. The number of rotatable bonds is 6. The summed E-state index contributed by atoms with van der Waals surface area (Å²) in [5, 5.41) is 0. The number of anilines is 1. The van der Waals surface area contributed by atoms with E-state index in [4.69, 9.17) is 5.73 Å². The van der Waals surface area contributed by atoms with Crippen LogP contribution in [0.25, 0.3) is 0 Å². The molecule has 1 aliphatic heterocycles. The van der Waals surface area contributed by atoms with Gasteiger partial charge in [-0.25, -0.2) is 8.42 Å². The van der Waals surface area contributed by atoms with Gasteiger partial charge >= 0.3 is 6.18 Å². The number of nitrogens with zero attached hydrogens (tertiary/aromatic N) is 2. The number of halogens is 3. The molecular formula is C26H32F3N3O3S. The van der Waals surface area contributed by atoms with Crippen molar-refractivity contribution in [3.05, 3.63) is 59.7 Å². The second kappa shape index (κ2) is 10.4. The predicted octanol–water partition coefficient (Wildman–Crippen LogP) is 4.42. The van der Waals surface area contributed by atoms with Gasteiger partial charge in [-0.1, -0.05) is 30.3 Å². The molecule has 36 heavy (non-hydrogen) atoms. The number of hydrogen-bond acceptors (Lipinski definition) is 5. The van der Waals surface area contributed by atoms with E-state index in [2.05, 4.69) is 9.80 Å². The van der Waals surface area contributed by atoms with Gasteiger partial charge in [0.15, 0.2) is 9.84 Å². The summed E-state index contributed by atoms with van der Waals surface area (Å²) in [5.41, 5.74) is 7.14. The van der Waals surface area contributed by atoms with Crippen LogP contribution in [-0.2, 0) is 9.84 Å². The second-order valence-electron chi connectivity index (χ2n) is 9.94. The number of amides is 1. The lowest BCUT2D eigenvalue weighted by Crippen LogP contribution is -2.50. The van der Waals surface area contributed by atoms with Crippen molar-refractivity contribution in [2.24, 2.45) is 17.6 Å². The fourth-order valence-corrected chi connectivity index (χ4v) is 6.39. The fraction of sp³-hybridized carbons (Fsp3) is 0.500. The third-order valence-corrected chi connectivity index (χ3v) is 8.61. The number of carbonyl (C=O) groups is 1. The van der Waals surface area contributed by atoms with E-state index in [0.29, 0.717) is 38.2 Å². The van der Waals surface area contributed by atoms with E-state index in [1.165, 1.54) is 12.1 Å². The van der Waals surface area contributed by atoms with Gasteiger partial charge in [0.1, 0.15) is 0 Å².